The highest BCUT2D eigenvalue weighted by Crippen LogP contribution is 2.57. The summed E-state index contributed by atoms with van der Waals surface area (Å²) >= 11 is 3.59. The molecule has 2 aliphatic carbocycles. The van der Waals surface area contributed by atoms with Crippen molar-refractivity contribution in [3.8, 4) is 0 Å². The minimum Gasteiger partial charge on any atom is -0.271 e. The minimum absolute atomic E-state index is 0.236. The van der Waals surface area contributed by atoms with Gasteiger partial charge in [0.25, 0.3) is 0 Å². The van der Waals surface area contributed by atoms with Crippen LogP contribution in [0.4, 0.5) is 0 Å². The fourth-order valence-corrected chi connectivity index (χ4v) is 3.95. The molecule has 4 nitrogen and oxygen atoms in total. The molecule has 1 aromatic rings. The quantitative estimate of drug-likeness (QED) is 0.662. The normalized spacial score (nSPS) is 32.5. The van der Waals surface area contributed by atoms with E-state index in [9.17, 15) is 0 Å². The molecular weight excluding hydrogens is 280 g/mol. The molecule has 3 rings (SSSR count). The van der Waals surface area contributed by atoms with Crippen LogP contribution >= 0.6 is 15.9 Å². The Kier molecular flexibility index (Phi) is 3.00. The van der Waals surface area contributed by atoms with E-state index in [1.807, 2.05) is 10.9 Å². The van der Waals surface area contributed by atoms with Crippen molar-refractivity contribution in [2.24, 2.45) is 23.6 Å². The lowest BCUT2D eigenvalue weighted by molar-refractivity contribution is 0.326. The lowest BCUT2D eigenvalue weighted by atomic mass is 9.92. The van der Waals surface area contributed by atoms with Gasteiger partial charge in [-0.15, -0.1) is 0 Å². The molecule has 2 aliphatic rings. The number of nitrogens with zero attached hydrogens (tertiary/aromatic N) is 2. The summed E-state index contributed by atoms with van der Waals surface area (Å²) in [6, 6.07) is 0.236. The van der Waals surface area contributed by atoms with Gasteiger partial charge in [0, 0.05) is 6.54 Å². The van der Waals surface area contributed by atoms with Crippen molar-refractivity contribution in [1.29, 1.82) is 0 Å². The van der Waals surface area contributed by atoms with Gasteiger partial charge in [-0.25, -0.2) is 0 Å². The molecular formula is C12H19BrN4. The first-order chi connectivity index (χ1) is 8.24. The molecule has 0 bridgehead atoms. The number of fused-ring (bicyclic) bond motifs is 1. The molecule has 0 amide bonds. The Morgan fingerprint density at radius 1 is 1.53 bits per heavy atom. The number of aryl methyl sites for hydroxylation is 1. The molecule has 0 spiro atoms. The highest BCUT2D eigenvalue weighted by molar-refractivity contribution is 9.10. The average molecular weight is 299 g/mol. The highest BCUT2D eigenvalue weighted by atomic mass is 79.9. The Bertz CT molecular complexity index is 407. The van der Waals surface area contributed by atoms with Gasteiger partial charge >= 0.3 is 0 Å². The predicted molar refractivity (Wildman–Crippen MR) is 70.0 cm³/mol. The zero-order valence-corrected chi connectivity index (χ0v) is 11.7. The summed E-state index contributed by atoms with van der Waals surface area (Å²) in [5, 5.41) is 4.38. The molecule has 0 aliphatic heterocycles. The van der Waals surface area contributed by atoms with Crippen LogP contribution in [0, 0.1) is 17.8 Å². The Morgan fingerprint density at radius 3 is 2.82 bits per heavy atom. The standard InChI is InChI=1S/C12H19BrN4/c1-2-17-12(10(13)6-15-17)11(16-14)9-4-7-3-8(7)5-9/h6-9,11,16H,2-5,14H2,1H3. The first-order valence-electron chi connectivity index (χ1n) is 6.41. The molecule has 0 aromatic carbocycles. The fourth-order valence-electron chi connectivity index (χ4n) is 3.41. The third-order valence-corrected chi connectivity index (χ3v) is 4.97. The highest BCUT2D eigenvalue weighted by Gasteiger charge is 2.48. The zero-order valence-electron chi connectivity index (χ0n) is 10.1. The first-order valence-corrected chi connectivity index (χ1v) is 7.21. The molecule has 0 radical (unpaired) electrons. The third kappa shape index (κ3) is 1.94. The van der Waals surface area contributed by atoms with E-state index >= 15 is 0 Å². The van der Waals surface area contributed by atoms with Gasteiger partial charge < -0.3 is 0 Å². The van der Waals surface area contributed by atoms with E-state index in [0.717, 1.165) is 22.9 Å². The lowest BCUT2D eigenvalue weighted by Crippen LogP contribution is -2.35. The van der Waals surface area contributed by atoms with Crippen molar-refractivity contribution < 1.29 is 0 Å². The minimum atomic E-state index is 0.236. The zero-order chi connectivity index (χ0) is 12.0. The SMILES string of the molecule is CCn1ncc(Br)c1C(NN)C1CC2CC2C1. The summed E-state index contributed by atoms with van der Waals surface area (Å²) in [4.78, 5) is 0. The van der Waals surface area contributed by atoms with Crippen LogP contribution in [0.3, 0.4) is 0 Å². The van der Waals surface area contributed by atoms with Crippen LogP contribution in [0.15, 0.2) is 10.7 Å². The second-order valence-corrected chi connectivity index (χ2v) is 6.18. The monoisotopic (exact) mass is 298 g/mol. The van der Waals surface area contributed by atoms with Crippen molar-refractivity contribution in [1.82, 2.24) is 15.2 Å². The maximum Gasteiger partial charge on any atom is 0.0711 e. The molecule has 3 N–H and O–H groups in total. The third-order valence-electron chi connectivity index (χ3n) is 4.36. The molecule has 0 saturated heterocycles. The van der Waals surface area contributed by atoms with Crippen LogP contribution in [0.5, 0.6) is 0 Å². The van der Waals surface area contributed by atoms with Gasteiger partial charge in [-0.05, 0) is 59.9 Å². The van der Waals surface area contributed by atoms with Crippen molar-refractivity contribution in [3.63, 3.8) is 0 Å². The number of hydrazine groups is 1. The van der Waals surface area contributed by atoms with E-state index in [1.54, 1.807) is 0 Å². The second-order valence-electron chi connectivity index (χ2n) is 5.33. The predicted octanol–water partition coefficient (Wildman–Crippen LogP) is 2.22. The first kappa shape index (κ1) is 11.7. The van der Waals surface area contributed by atoms with Gasteiger partial charge in [-0.2, -0.15) is 5.10 Å². The Labute approximate surface area is 110 Å². The molecule has 2 fully saturated rings. The van der Waals surface area contributed by atoms with Gasteiger partial charge in [0.2, 0.25) is 0 Å². The van der Waals surface area contributed by atoms with Crippen molar-refractivity contribution in [2.75, 3.05) is 0 Å². The van der Waals surface area contributed by atoms with Crippen LogP contribution in [0.25, 0.3) is 0 Å². The summed E-state index contributed by atoms with van der Waals surface area (Å²) in [7, 11) is 0. The van der Waals surface area contributed by atoms with Gasteiger partial charge in [0.15, 0.2) is 0 Å². The van der Waals surface area contributed by atoms with Crippen molar-refractivity contribution >= 4 is 15.9 Å². The number of hydrogen-bond acceptors (Lipinski definition) is 3. The van der Waals surface area contributed by atoms with Gasteiger partial charge in [0.1, 0.15) is 0 Å². The number of hydrogen-bond donors (Lipinski definition) is 2. The Balaban J connectivity index is 1.86. The van der Waals surface area contributed by atoms with Gasteiger partial charge in [-0.3, -0.25) is 16.0 Å². The second kappa shape index (κ2) is 4.37. The number of halogens is 1. The van der Waals surface area contributed by atoms with E-state index in [1.165, 1.54) is 25.0 Å². The number of rotatable bonds is 4. The van der Waals surface area contributed by atoms with E-state index in [0.29, 0.717) is 5.92 Å². The van der Waals surface area contributed by atoms with E-state index < -0.39 is 0 Å². The molecule has 3 unspecified atom stereocenters. The van der Waals surface area contributed by atoms with Crippen LogP contribution in [-0.2, 0) is 6.54 Å². The van der Waals surface area contributed by atoms with Gasteiger partial charge in [-0.1, -0.05) is 0 Å². The fraction of sp³-hybridized carbons (Fsp3) is 0.750. The smallest absolute Gasteiger partial charge is 0.0711 e. The maximum atomic E-state index is 5.78. The molecule has 2 saturated carbocycles. The summed E-state index contributed by atoms with van der Waals surface area (Å²) in [6.45, 7) is 3.00. The van der Waals surface area contributed by atoms with E-state index in [2.05, 4.69) is 33.4 Å². The largest absolute Gasteiger partial charge is 0.271 e. The molecule has 94 valence electrons. The Morgan fingerprint density at radius 2 is 2.24 bits per heavy atom. The van der Waals surface area contributed by atoms with E-state index in [4.69, 9.17) is 5.84 Å². The topological polar surface area (TPSA) is 55.9 Å². The lowest BCUT2D eigenvalue weighted by Gasteiger charge is -2.25. The number of nitrogens with one attached hydrogen (secondary N) is 1. The van der Waals surface area contributed by atoms with Gasteiger partial charge in [0.05, 0.1) is 22.4 Å². The summed E-state index contributed by atoms with van der Waals surface area (Å²) < 4.78 is 3.11. The molecule has 5 heteroatoms. The van der Waals surface area contributed by atoms with E-state index in [-0.39, 0.29) is 6.04 Å². The van der Waals surface area contributed by atoms with Crippen LogP contribution < -0.4 is 11.3 Å². The van der Waals surface area contributed by atoms with Crippen LogP contribution in [0.2, 0.25) is 0 Å². The Hall–Kier alpha value is -0.390. The number of aromatic nitrogens is 2. The summed E-state index contributed by atoms with van der Waals surface area (Å²) in [5.41, 5.74) is 4.22. The van der Waals surface area contributed by atoms with Crippen LogP contribution in [0.1, 0.15) is 37.9 Å². The molecule has 3 atom stereocenters. The summed E-state index contributed by atoms with van der Waals surface area (Å²) in [5.74, 6) is 8.41. The molecule has 1 aromatic heterocycles. The molecule has 1 heterocycles. The van der Waals surface area contributed by atoms with Crippen molar-refractivity contribution in [2.45, 2.75) is 38.8 Å². The number of nitrogens with two attached hydrogens (primary N) is 1. The average Bonchev–Trinajstić information content (AvgIpc) is 2.78. The van der Waals surface area contributed by atoms with Crippen LogP contribution in [-0.4, -0.2) is 9.78 Å². The summed E-state index contributed by atoms with van der Waals surface area (Å²) in [6.07, 6.45) is 5.96. The molecule has 17 heavy (non-hydrogen) atoms. The maximum absolute atomic E-state index is 5.78. The van der Waals surface area contributed by atoms with Crippen molar-refractivity contribution in [3.05, 3.63) is 16.4 Å².